The zero-order valence-corrected chi connectivity index (χ0v) is 76.1. The van der Waals surface area contributed by atoms with Crippen LogP contribution >= 0.6 is 96.3 Å². The predicted octanol–water partition coefficient (Wildman–Crippen LogP) is 9.92. The SMILES string of the molecule is C[Si](C)(CCCC(C(=O)O)C(=O)O)O[Si](C)(C)CSc1ncc(CCC(=O)CC[C@H](NC(=O)NCCCC(=O)O)C(=O)O)cn1.O=C=O.O=C=O.S.S.S.S.[CH2-]CC(C[NH-])OC(=O)CCC[Si](C)(C)O[Si](C)(C)CSc1ncc(CCC(=O)CC[C@H](NC(=O)OCCCC(=O)O)C(=O)O)cn1.[Cl][Pt+2][Cl].[NH2-].[NH2-].[Pt+2]. The number of Topliss-reactive ketones (excluding diaryl/α,β-unsaturated/α-hetero) is 2. The summed E-state index contributed by atoms with van der Waals surface area (Å²) in [6, 6.07) is -1.86. The van der Waals surface area contributed by atoms with Gasteiger partial charge in [-0.1, -0.05) is 29.9 Å². The van der Waals surface area contributed by atoms with E-state index in [-0.39, 0.29) is 208 Å². The molecule has 0 fully saturated rings. The minimum Gasteiger partial charge on any atom is -0.693 e. The Kier molecular flexibility index (Phi) is 82.0. The second-order valence-corrected chi connectivity index (χ2v) is 47.6. The van der Waals surface area contributed by atoms with Crippen LogP contribution in [0.5, 0.6) is 0 Å². The number of nitrogens with two attached hydrogens (primary N) is 2. The van der Waals surface area contributed by atoms with Crippen molar-refractivity contribution in [1.82, 2.24) is 35.9 Å². The number of amides is 3. The van der Waals surface area contributed by atoms with Crippen LogP contribution in [-0.4, -0.2) is 210 Å². The molecule has 0 aliphatic heterocycles. The largest absolute Gasteiger partial charge is 2.00 e. The van der Waals surface area contributed by atoms with E-state index in [1.54, 1.807) is 24.8 Å². The van der Waals surface area contributed by atoms with E-state index in [1.165, 1.54) is 23.5 Å². The number of alkyl carbamates (subject to hydrolysis) is 1. The van der Waals surface area contributed by atoms with Gasteiger partial charge in [-0.3, -0.25) is 33.6 Å². The first-order valence-corrected chi connectivity index (χ1v) is 50.8. The number of ether oxygens (including phenoxy) is 2. The predicted molar refractivity (Wildman–Crippen MR) is 420 cm³/mol. The molecule has 107 heavy (non-hydrogen) atoms. The third-order valence-corrected chi connectivity index (χ3v) is 32.7. The number of aryl methyl sites for hydroxylation is 2. The molecule has 3 amide bonds. The Morgan fingerprint density at radius 3 is 1.29 bits per heavy atom. The molecule has 14 N–H and O–H groups in total. The number of aliphatic carboxylic acids is 6. The number of aromatic nitrogens is 4. The number of ketones is 2. The summed E-state index contributed by atoms with van der Waals surface area (Å²) in [6.45, 7) is 20.4. The fourth-order valence-electron chi connectivity index (χ4n) is 8.58. The molecule has 0 saturated carbocycles. The van der Waals surface area contributed by atoms with E-state index in [4.69, 9.17) is 81.9 Å². The van der Waals surface area contributed by atoms with Crippen LogP contribution in [0.3, 0.4) is 0 Å². The van der Waals surface area contributed by atoms with Crippen LogP contribution in [0.15, 0.2) is 35.1 Å². The molecule has 2 heterocycles. The van der Waals surface area contributed by atoms with Gasteiger partial charge in [0, 0.05) is 87.0 Å². The van der Waals surface area contributed by atoms with Crippen LogP contribution in [-0.2, 0) is 130 Å². The fourth-order valence-corrected chi connectivity index (χ4v) is 29.3. The molecule has 1 unspecified atom stereocenters. The van der Waals surface area contributed by atoms with Crippen molar-refractivity contribution in [1.29, 1.82) is 0 Å². The number of urea groups is 1. The van der Waals surface area contributed by atoms with Crippen LogP contribution in [0.4, 0.5) is 9.59 Å². The average Bonchev–Trinajstić information content (AvgIpc) is 0.861. The molecule has 0 aliphatic carbocycles. The van der Waals surface area contributed by atoms with Crippen molar-refractivity contribution in [2.24, 2.45) is 5.92 Å². The minimum atomic E-state index is -2.17. The number of thioether (sulfide) groups is 2. The van der Waals surface area contributed by atoms with Gasteiger partial charge in [-0.15, -0.1) is 13.0 Å². The van der Waals surface area contributed by atoms with E-state index in [2.05, 4.69) is 82.1 Å². The number of hydrogen-bond donors (Lipinski definition) is 9. The van der Waals surface area contributed by atoms with E-state index in [0.717, 1.165) is 22.5 Å². The quantitative estimate of drug-likeness (QED) is 0.00565. The number of carboxylic acids is 6. The summed E-state index contributed by atoms with van der Waals surface area (Å²) < 4.78 is 23.2. The molecule has 622 valence electrons. The van der Waals surface area contributed by atoms with Gasteiger partial charge in [-0.05, 0) is 127 Å². The third kappa shape index (κ3) is 70.7. The van der Waals surface area contributed by atoms with Crippen LogP contribution in [0.1, 0.15) is 107 Å². The van der Waals surface area contributed by atoms with Crippen molar-refractivity contribution in [3.05, 3.63) is 60.9 Å². The molecule has 0 saturated heterocycles. The number of carbonyl (C=O) groups is 11. The molecule has 2 aromatic rings. The zero-order chi connectivity index (χ0) is 77.1. The molecule has 3 atom stereocenters. The first kappa shape index (κ1) is 124. The monoisotopic (exact) mass is 2100 g/mol. The van der Waals surface area contributed by atoms with Crippen molar-refractivity contribution >= 4 is 207 Å². The Labute approximate surface area is 694 Å². The first-order valence-electron chi connectivity index (χ1n) is 30.8. The van der Waals surface area contributed by atoms with Gasteiger partial charge < -0.3 is 89.3 Å². The number of hydrogen-bond acceptors (Lipinski definition) is 25. The molecule has 0 aromatic carbocycles. The Morgan fingerprint density at radius 2 is 0.935 bits per heavy atom. The Morgan fingerprint density at radius 1 is 0.561 bits per heavy atom. The molecule has 0 bridgehead atoms. The number of carboxylic acid groups (broad SMARTS) is 6. The maximum atomic E-state index is 12.4. The van der Waals surface area contributed by atoms with Crippen molar-refractivity contribution in [2.45, 2.75) is 202 Å². The maximum Gasteiger partial charge on any atom is 2.00 e. The summed E-state index contributed by atoms with van der Waals surface area (Å²) in [5, 5.41) is 63.5. The van der Waals surface area contributed by atoms with Crippen LogP contribution < -0.4 is 16.0 Å². The van der Waals surface area contributed by atoms with Gasteiger partial charge >= 0.3 is 123 Å². The van der Waals surface area contributed by atoms with E-state index in [1.807, 2.05) is 13.1 Å². The smallest absolute Gasteiger partial charge is 0.693 e. The summed E-state index contributed by atoms with van der Waals surface area (Å²) in [4.78, 5) is 177. The van der Waals surface area contributed by atoms with E-state index >= 15 is 0 Å². The van der Waals surface area contributed by atoms with Crippen molar-refractivity contribution in [2.75, 3.05) is 30.4 Å². The van der Waals surface area contributed by atoms with Crippen molar-refractivity contribution in [3.8, 4) is 0 Å². The van der Waals surface area contributed by atoms with Gasteiger partial charge in [-0.25, -0.2) is 39.1 Å². The van der Waals surface area contributed by atoms with Gasteiger partial charge in [0.2, 0.25) is 0 Å². The van der Waals surface area contributed by atoms with Crippen molar-refractivity contribution in [3.63, 3.8) is 0 Å². The van der Waals surface area contributed by atoms with Gasteiger partial charge in [-0.2, -0.15) is 73.2 Å². The standard InChI is InChI=1S/C29H48N4O10SSi2.C27H44N4O11SSi2.2CO2.2ClH.2H2N.2Pt.4H2S/c1-6-23(17-30)42-26(37)10-8-16-45(2,3)43-46(4,5)20-44-28-31-18-21(19-32-28)11-12-22(34)13-14-24(27(38)39)33-29(40)41-15-7-9-25(35)36;1-44(2,14-6-7-20(23(35)36)24(37)38)42-45(3,4)17-43-27-29-15-18(16-30-27)9-10-19(32)11-12-21(25(39)40)31-26(41)28-13-5-8-22(33)34;2*2-1-3;;;;;;;;;;/h18-19,23-24,30H,1,6-17,20H2,2-5H3,(H,33,40)(H,35,36)(H,38,39);15-16,20-21H,5-14,17H2,1-4H3,(H,33,34)(H,35,36)(H,37,38)(H,39,40)(H2,28,31,41);;;2*1H;2*1H2;;;4*1H2/q-2;;;;;;2*-1;+2;+4;;;;/p-2/t23?,24-;21-;;;;;;;;;;;;/m00............/s1. The second kappa shape index (κ2) is 70.9. The molecule has 2 aromatic heterocycles. The van der Waals surface area contributed by atoms with E-state index < -0.39 is 122 Å². The van der Waals surface area contributed by atoms with Gasteiger partial charge in [0.15, 0.2) is 49.5 Å². The summed E-state index contributed by atoms with van der Waals surface area (Å²) in [5.41, 5.74) is 8.87. The molecule has 0 aliphatic rings. The first-order chi connectivity index (χ1) is 46.7. The Hall–Kier alpha value is -4.19. The zero-order valence-electron chi connectivity index (χ0n) is 60.4. The summed E-state index contributed by atoms with van der Waals surface area (Å²) in [6.07, 6.45) is 8.30. The maximum absolute atomic E-state index is 12.4. The number of nitrogens with zero attached hydrogens (tertiary/aromatic N) is 4. The van der Waals surface area contributed by atoms with Crippen LogP contribution in [0.25, 0.3) is 18.0 Å². The molecule has 35 nitrogen and oxygen atoms in total. The van der Waals surface area contributed by atoms with Crippen molar-refractivity contribution < 1.29 is 158 Å². The second-order valence-electron chi connectivity index (χ2n) is 24.0. The summed E-state index contributed by atoms with van der Waals surface area (Å²) in [5.74, 6) is -9.34. The number of rotatable bonds is 47. The van der Waals surface area contributed by atoms with Crippen LogP contribution in [0, 0.1) is 12.8 Å². The Balaban J connectivity index is -0.000000186. The molecule has 0 radical (unpaired) electrons. The summed E-state index contributed by atoms with van der Waals surface area (Å²) in [7, 11) is 1.32. The molecule has 0 spiro atoms. The van der Waals surface area contributed by atoms with Gasteiger partial charge in [0.05, 0.1) is 12.7 Å². The molecular formula is C58H104Cl2N10O25Pt2S6Si4. The minimum absolute atomic E-state index is 0. The van der Waals surface area contributed by atoms with Gasteiger partial charge in [0.1, 0.15) is 23.7 Å². The fraction of sp³-hybridized carbons (Fsp3) is 0.621. The number of nitrogens with one attached hydrogen (secondary N) is 4. The van der Waals surface area contributed by atoms with E-state index in [9.17, 15) is 63.0 Å². The topological polar surface area (TPSA) is 593 Å². The van der Waals surface area contributed by atoms with Crippen LogP contribution in [0.2, 0.25) is 64.5 Å². The molecular weight excluding hydrogens is 2000 g/mol. The Bertz CT molecular complexity index is 2930. The summed E-state index contributed by atoms with van der Waals surface area (Å²) >= 11 is 2.50. The molecule has 2 rings (SSSR count). The normalized spacial score (nSPS) is 11.1. The van der Waals surface area contributed by atoms with E-state index in [0.29, 0.717) is 60.3 Å². The third-order valence-electron chi connectivity index (χ3n) is 13.1. The number of esters is 1. The number of halogens is 2. The average molecular weight is 2110 g/mol. The molecule has 49 heteroatoms. The number of carbonyl (C=O) groups excluding carboxylic acids is 9. The van der Waals surface area contributed by atoms with Gasteiger partial charge in [0.25, 0.3) is 0 Å².